The average Bonchev–Trinajstić information content (AvgIpc) is 2.46. The van der Waals surface area contributed by atoms with Crippen LogP contribution in [-0.2, 0) is 11.2 Å². The van der Waals surface area contributed by atoms with Crippen molar-refractivity contribution in [2.24, 2.45) is 0 Å². The molecule has 0 spiro atoms. The van der Waals surface area contributed by atoms with Crippen LogP contribution in [0.1, 0.15) is 75.5 Å². The molecule has 2 heteroatoms. The monoisotopic (exact) mass is 259 g/mol. The Kier molecular flexibility index (Phi) is 5.56. The zero-order valence-electron chi connectivity index (χ0n) is 12.0. The molecule has 0 bridgehead atoms. The number of ketones is 1. The fourth-order valence-electron chi connectivity index (χ4n) is 3.00. The van der Waals surface area contributed by atoms with Crippen LogP contribution in [0.5, 0.6) is 0 Å². The van der Waals surface area contributed by atoms with Gasteiger partial charge in [-0.15, -0.1) is 0 Å². The molecule has 2 rings (SSSR count). The van der Waals surface area contributed by atoms with E-state index in [9.17, 15) is 4.79 Å². The van der Waals surface area contributed by atoms with Gasteiger partial charge in [-0.25, -0.2) is 0 Å². The van der Waals surface area contributed by atoms with E-state index in [1.54, 1.807) is 0 Å². The number of carbonyl (C=O) groups excluding carboxylic acids is 1. The van der Waals surface area contributed by atoms with Gasteiger partial charge >= 0.3 is 0 Å². The summed E-state index contributed by atoms with van der Waals surface area (Å²) in [6.07, 6.45) is 11.8. The Morgan fingerprint density at radius 3 is 3.00 bits per heavy atom. The van der Waals surface area contributed by atoms with Crippen molar-refractivity contribution in [2.45, 2.75) is 70.6 Å². The number of hydrogen-bond donors (Lipinski definition) is 0. The molecule has 0 aromatic carbocycles. The van der Waals surface area contributed by atoms with Crippen molar-refractivity contribution in [2.75, 3.05) is 0 Å². The molecule has 1 atom stereocenters. The Bertz CT molecular complexity index is 413. The van der Waals surface area contributed by atoms with Crippen LogP contribution >= 0.6 is 0 Å². The van der Waals surface area contributed by atoms with E-state index in [0.29, 0.717) is 5.78 Å². The quantitative estimate of drug-likeness (QED) is 0.678. The number of unbranched alkanes of at least 4 members (excludes halogenated alkanes) is 4. The van der Waals surface area contributed by atoms with E-state index in [2.05, 4.69) is 18.0 Å². The van der Waals surface area contributed by atoms with Gasteiger partial charge in [0.25, 0.3) is 0 Å². The first-order valence-corrected chi connectivity index (χ1v) is 7.79. The third-order valence-electron chi connectivity index (χ3n) is 4.11. The van der Waals surface area contributed by atoms with Gasteiger partial charge in [0.15, 0.2) is 0 Å². The van der Waals surface area contributed by atoms with Gasteiger partial charge in [0, 0.05) is 12.6 Å². The Balaban J connectivity index is 1.86. The van der Waals surface area contributed by atoms with Gasteiger partial charge in [-0.3, -0.25) is 9.78 Å². The maximum Gasteiger partial charge on any atom is 0.141 e. The summed E-state index contributed by atoms with van der Waals surface area (Å²) in [6.45, 7) is 2.22. The van der Waals surface area contributed by atoms with Crippen molar-refractivity contribution in [1.82, 2.24) is 4.98 Å². The van der Waals surface area contributed by atoms with Crippen LogP contribution in [0.4, 0.5) is 0 Å². The standard InChI is InChI=1S/C17H25NO/c1-2-3-4-5-6-12-16(19)15-11-7-9-14-10-8-13-18-17(14)15/h8,10,13,15H,2-7,9,11-12H2,1H3. The van der Waals surface area contributed by atoms with Crippen LogP contribution < -0.4 is 0 Å². The summed E-state index contributed by atoms with van der Waals surface area (Å²) in [5.74, 6) is 0.493. The lowest BCUT2D eigenvalue weighted by Gasteiger charge is -2.23. The van der Waals surface area contributed by atoms with Crippen molar-refractivity contribution < 1.29 is 4.79 Å². The molecule has 1 aromatic heterocycles. The number of aromatic nitrogens is 1. The molecular formula is C17H25NO. The first-order valence-electron chi connectivity index (χ1n) is 7.79. The molecule has 1 unspecified atom stereocenters. The normalized spacial score (nSPS) is 18.1. The fourth-order valence-corrected chi connectivity index (χ4v) is 3.00. The van der Waals surface area contributed by atoms with Crippen LogP contribution in [0, 0.1) is 0 Å². The molecular weight excluding hydrogens is 234 g/mol. The Hall–Kier alpha value is -1.18. The molecule has 1 aromatic rings. The van der Waals surface area contributed by atoms with Crippen molar-refractivity contribution in [3.8, 4) is 0 Å². The van der Waals surface area contributed by atoms with Crippen LogP contribution in [-0.4, -0.2) is 10.8 Å². The van der Waals surface area contributed by atoms with Gasteiger partial charge in [-0.05, 0) is 37.3 Å². The number of Topliss-reactive ketones (excluding diaryl/α,β-unsaturated/α-hetero) is 1. The molecule has 1 aliphatic carbocycles. The van der Waals surface area contributed by atoms with Crippen LogP contribution in [0.15, 0.2) is 18.3 Å². The second kappa shape index (κ2) is 7.42. The summed E-state index contributed by atoms with van der Waals surface area (Å²) in [5, 5.41) is 0. The summed E-state index contributed by atoms with van der Waals surface area (Å²) < 4.78 is 0. The number of hydrogen-bond acceptors (Lipinski definition) is 2. The minimum atomic E-state index is 0.0797. The predicted molar refractivity (Wildman–Crippen MR) is 78.3 cm³/mol. The maximum atomic E-state index is 12.4. The average molecular weight is 259 g/mol. The number of pyridine rings is 1. The zero-order valence-corrected chi connectivity index (χ0v) is 12.0. The Morgan fingerprint density at radius 2 is 2.16 bits per heavy atom. The van der Waals surface area contributed by atoms with Crippen molar-refractivity contribution >= 4 is 5.78 Å². The predicted octanol–water partition coefficient (Wildman–Crippen LogP) is 4.43. The van der Waals surface area contributed by atoms with E-state index in [1.807, 2.05) is 12.3 Å². The molecule has 1 aliphatic rings. The molecule has 104 valence electrons. The van der Waals surface area contributed by atoms with Crippen LogP contribution in [0.3, 0.4) is 0 Å². The molecule has 19 heavy (non-hydrogen) atoms. The van der Waals surface area contributed by atoms with Gasteiger partial charge in [0.1, 0.15) is 5.78 Å². The molecule has 0 saturated heterocycles. The van der Waals surface area contributed by atoms with Gasteiger partial charge in [-0.1, -0.05) is 38.7 Å². The van der Waals surface area contributed by atoms with Crippen molar-refractivity contribution in [1.29, 1.82) is 0 Å². The first-order chi connectivity index (χ1) is 9.33. The number of fused-ring (bicyclic) bond motifs is 1. The summed E-state index contributed by atoms with van der Waals surface area (Å²) in [4.78, 5) is 16.8. The molecule has 0 aliphatic heterocycles. The SMILES string of the molecule is CCCCCCCC(=O)C1CCCc2cccnc21. The van der Waals surface area contributed by atoms with E-state index in [1.165, 1.54) is 31.2 Å². The fraction of sp³-hybridized carbons (Fsp3) is 0.647. The summed E-state index contributed by atoms with van der Waals surface area (Å²) >= 11 is 0. The van der Waals surface area contributed by atoms with E-state index >= 15 is 0 Å². The number of nitrogens with zero attached hydrogens (tertiary/aromatic N) is 1. The van der Waals surface area contributed by atoms with E-state index < -0.39 is 0 Å². The van der Waals surface area contributed by atoms with E-state index in [-0.39, 0.29) is 5.92 Å². The second-order valence-electron chi connectivity index (χ2n) is 5.62. The zero-order chi connectivity index (χ0) is 13.5. The Labute approximate surface area is 116 Å². The van der Waals surface area contributed by atoms with Crippen molar-refractivity contribution in [3.05, 3.63) is 29.6 Å². The lowest BCUT2D eigenvalue weighted by molar-refractivity contribution is -0.121. The highest BCUT2D eigenvalue weighted by Gasteiger charge is 2.26. The molecule has 0 fully saturated rings. The highest BCUT2D eigenvalue weighted by Crippen LogP contribution is 2.31. The van der Waals surface area contributed by atoms with E-state index in [4.69, 9.17) is 0 Å². The minimum Gasteiger partial charge on any atom is -0.299 e. The third-order valence-corrected chi connectivity index (χ3v) is 4.11. The van der Waals surface area contributed by atoms with Crippen LogP contribution in [0.2, 0.25) is 0 Å². The molecule has 0 saturated carbocycles. The van der Waals surface area contributed by atoms with Gasteiger partial charge < -0.3 is 0 Å². The minimum absolute atomic E-state index is 0.0797. The van der Waals surface area contributed by atoms with E-state index in [0.717, 1.165) is 37.8 Å². The Morgan fingerprint density at radius 1 is 1.32 bits per heavy atom. The summed E-state index contributed by atoms with van der Waals surface area (Å²) in [5.41, 5.74) is 2.35. The first kappa shape index (κ1) is 14.2. The van der Waals surface area contributed by atoms with Crippen LogP contribution in [0.25, 0.3) is 0 Å². The topological polar surface area (TPSA) is 30.0 Å². The second-order valence-corrected chi connectivity index (χ2v) is 5.62. The van der Waals surface area contributed by atoms with Gasteiger partial charge in [0.2, 0.25) is 0 Å². The number of aryl methyl sites for hydroxylation is 1. The summed E-state index contributed by atoms with van der Waals surface area (Å²) in [7, 11) is 0. The molecule has 0 radical (unpaired) electrons. The number of rotatable bonds is 7. The third kappa shape index (κ3) is 3.89. The number of carbonyl (C=O) groups is 1. The summed E-state index contributed by atoms with van der Waals surface area (Å²) in [6, 6.07) is 4.11. The molecule has 0 amide bonds. The largest absolute Gasteiger partial charge is 0.299 e. The maximum absolute atomic E-state index is 12.4. The van der Waals surface area contributed by atoms with Crippen molar-refractivity contribution in [3.63, 3.8) is 0 Å². The highest BCUT2D eigenvalue weighted by molar-refractivity contribution is 5.85. The molecule has 2 nitrogen and oxygen atoms in total. The van der Waals surface area contributed by atoms with Gasteiger partial charge in [-0.2, -0.15) is 0 Å². The lowest BCUT2D eigenvalue weighted by Crippen LogP contribution is -2.19. The smallest absolute Gasteiger partial charge is 0.141 e. The molecule has 0 N–H and O–H groups in total. The molecule has 1 heterocycles. The highest BCUT2D eigenvalue weighted by atomic mass is 16.1. The van der Waals surface area contributed by atoms with Gasteiger partial charge in [0.05, 0.1) is 11.6 Å². The lowest BCUT2D eigenvalue weighted by atomic mass is 9.82.